The van der Waals surface area contributed by atoms with Crippen molar-refractivity contribution in [2.45, 2.75) is 6.92 Å². The molecule has 2 rings (SSSR count). The summed E-state index contributed by atoms with van der Waals surface area (Å²) in [6.45, 7) is 2.42. The van der Waals surface area contributed by atoms with Crippen molar-refractivity contribution in [2.75, 3.05) is 11.9 Å². The molecule has 0 atom stereocenters. The average Bonchev–Trinajstić information content (AvgIpc) is 2.33. The predicted molar refractivity (Wildman–Crippen MR) is 75.1 cm³/mol. The van der Waals surface area contributed by atoms with Gasteiger partial charge < -0.3 is 10.1 Å². The summed E-state index contributed by atoms with van der Waals surface area (Å²) in [4.78, 5) is 8.48. The molecule has 1 N–H and O–H groups in total. The highest BCUT2D eigenvalue weighted by molar-refractivity contribution is 9.10. The van der Waals surface area contributed by atoms with Gasteiger partial charge >= 0.3 is 0 Å². The second-order valence-corrected chi connectivity index (χ2v) is 4.36. The summed E-state index contributed by atoms with van der Waals surface area (Å²) in [6.07, 6.45) is 3.31. The van der Waals surface area contributed by atoms with Crippen LogP contribution >= 0.6 is 28.1 Å². The third-order valence-corrected chi connectivity index (χ3v) is 3.11. The zero-order valence-corrected chi connectivity index (χ0v) is 11.5. The van der Waals surface area contributed by atoms with E-state index in [2.05, 4.69) is 31.2 Å². The van der Waals surface area contributed by atoms with Gasteiger partial charge in [0.25, 0.3) is 5.17 Å². The second-order valence-electron chi connectivity index (χ2n) is 3.20. The Morgan fingerprint density at radius 2 is 2.18 bits per heavy atom. The average molecular weight is 312 g/mol. The van der Waals surface area contributed by atoms with Crippen LogP contribution in [-0.2, 0) is 4.74 Å². The molecule has 0 aliphatic carbocycles. The molecule has 1 heterocycles. The fourth-order valence-corrected chi connectivity index (χ4v) is 2.14. The van der Waals surface area contributed by atoms with Gasteiger partial charge in [-0.3, -0.25) is 9.97 Å². The Bertz CT molecular complexity index is 561. The number of rotatable bonds is 2. The van der Waals surface area contributed by atoms with E-state index in [0.717, 1.165) is 21.2 Å². The van der Waals surface area contributed by atoms with E-state index in [9.17, 15) is 0 Å². The number of ether oxygens (including phenoxy) is 1. The number of fused-ring (bicyclic) bond motifs is 1. The number of hydrogen-bond donors (Lipinski definition) is 1. The smallest absolute Gasteiger partial charge is 0.261 e. The molecule has 0 amide bonds. The number of benzene rings is 1. The van der Waals surface area contributed by atoms with E-state index in [0.29, 0.717) is 11.8 Å². The maximum Gasteiger partial charge on any atom is 0.261 e. The molecule has 0 saturated carbocycles. The van der Waals surface area contributed by atoms with Gasteiger partial charge in [0.15, 0.2) is 0 Å². The molecule has 6 heteroatoms. The molecule has 0 bridgehead atoms. The summed E-state index contributed by atoms with van der Waals surface area (Å²) in [5.41, 5.74) is 2.43. The number of halogens is 1. The van der Waals surface area contributed by atoms with Gasteiger partial charge in [0, 0.05) is 12.4 Å². The molecule has 0 aliphatic heterocycles. The molecule has 0 unspecified atom stereocenters. The highest BCUT2D eigenvalue weighted by Crippen LogP contribution is 2.28. The SMILES string of the molecule is CCOC(=S)Nc1ccc2nccnc2c1Br. The number of hydrogen-bond acceptors (Lipinski definition) is 4. The normalized spacial score (nSPS) is 10.2. The van der Waals surface area contributed by atoms with E-state index in [4.69, 9.17) is 17.0 Å². The Hall–Kier alpha value is -1.27. The van der Waals surface area contributed by atoms with Crippen LogP contribution in [0.5, 0.6) is 0 Å². The summed E-state index contributed by atoms with van der Waals surface area (Å²) in [5.74, 6) is 0. The lowest BCUT2D eigenvalue weighted by Gasteiger charge is -2.10. The molecule has 0 fully saturated rings. The van der Waals surface area contributed by atoms with Gasteiger partial charge in [0.1, 0.15) is 5.52 Å². The third-order valence-electron chi connectivity index (χ3n) is 2.09. The van der Waals surface area contributed by atoms with Crippen molar-refractivity contribution in [3.8, 4) is 0 Å². The molecule has 0 aliphatic rings. The maximum atomic E-state index is 5.18. The number of nitrogens with one attached hydrogen (secondary N) is 1. The first-order valence-electron chi connectivity index (χ1n) is 5.05. The molecule has 0 saturated heterocycles. The number of aromatic nitrogens is 2. The van der Waals surface area contributed by atoms with Gasteiger partial charge in [-0.25, -0.2) is 0 Å². The van der Waals surface area contributed by atoms with Gasteiger partial charge in [-0.2, -0.15) is 0 Å². The van der Waals surface area contributed by atoms with Crippen molar-refractivity contribution in [2.24, 2.45) is 0 Å². The first kappa shape index (κ1) is 12.2. The van der Waals surface area contributed by atoms with Gasteiger partial charge in [-0.1, -0.05) is 0 Å². The summed E-state index contributed by atoms with van der Waals surface area (Å²) in [5, 5.41) is 3.34. The number of nitrogens with zero attached hydrogens (tertiary/aromatic N) is 2. The first-order valence-corrected chi connectivity index (χ1v) is 6.25. The molecule has 88 valence electrons. The molecule has 17 heavy (non-hydrogen) atoms. The Morgan fingerprint density at radius 3 is 2.94 bits per heavy atom. The standard InChI is InChI=1S/C11H10BrN3OS/c1-2-16-11(17)15-7-3-4-8-10(9(7)12)14-6-5-13-8/h3-6H,2H2,1H3,(H,15,17). The molecule has 2 aromatic rings. The summed E-state index contributed by atoms with van der Waals surface area (Å²) >= 11 is 8.51. The molecule has 1 aromatic carbocycles. The Balaban J connectivity index is 2.36. The zero-order valence-electron chi connectivity index (χ0n) is 9.11. The second kappa shape index (κ2) is 5.37. The highest BCUT2D eigenvalue weighted by Gasteiger charge is 2.08. The third kappa shape index (κ3) is 2.70. The predicted octanol–water partition coefficient (Wildman–Crippen LogP) is 3.13. The Labute approximate surface area is 113 Å². The molecular weight excluding hydrogens is 302 g/mol. The number of thiocarbonyl (C=S) groups is 1. The Morgan fingerprint density at radius 1 is 1.41 bits per heavy atom. The number of anilines is 1. The van der Waals surface area contributed by atoms with Crippen molar-refractivity contribution in [1.29, 1.82) is 0 Å². The van der Waals surface area contributed by atoms with Gasteiger partial charge in [0.2, 0.25) is 0 Å². The van der Waals surface area contributed by atoms with Crippen molar-refractivity contribution in [3.63, 3.8) is 0 Å². The van der Waals surface area contributed by atoms with E-state index in [1.54, 1.807) is 12.4 Å². The molecule has 4 nitrogen and oxygen atoms in total. The Kier molecular flexibility index (Phi) is 3.86. The van der Waals surface area contributed by atoms with Crippen LogP contribution in [0.3, 0.4) is 0 Å². The lowest BCUT2D eigenvalue weighted by atomic mass is 10.2. The van der Waals surface area contributed by atoms with Crippen molar-refractivity contribution in [3.05, 3.63) is 29.0 Å². The van der Waals surface area contributed by atoms with E-state index in [1.165, 1.54) is 0 Å². The van der Waals surface area contributed by atoms with Crippen LogP contribution in [0.1, 0.15) is 6.92 Å². The van der Waals surface area contributed by atoms with E-state index < -0.39 is 0 Å². The van der Waals surface area contributed by atoms with Crippen LogP contribution in [0.2, 0.25) is 0 Å². The van der Waals surface area contributed by atoms with Crippen molar-refractivity contribution < 1.29 is 4.74 Å². The van der Waals surface area contributed by atoms with Crippen molar-refractivity contribution >= 4 is 50.0 Å². The fourth-order valence-electron chi connectivity index (χ4n) is 1.38. The van der Waals surface area contributed by atoms with Crippen LogP contribution in [0, 0.1) is 0 Å². The van der Waals surface area contributed by atoms with Crippen LogP contribution in [-0.4, -0.2) is 21.7 Å². The lowest BCUT2D eigenvalue weighted by molar-refractivity contribution is 0.335. The van der Waals surface area contributed by atoms with Gasteiger partial charge in [-0.15, -0.1) is 0 Å². The minimum atomic E-state index is 0.344. The lowest BCUT2D eigenvalue weighted by Crippen LogP contribution is -2.13. The van der Waals surface area contributed by atoms with Crippen LogP contribution in [0.4, 0.5) is 5.69 Å². The first-order chi connectivity index (χ1) is 8.22. The van der Waals surface area contributed by atoms with Gasteiger partial charge in [0.05, 0.1) is 22.3 Å². The highest BCUT2D eigenvalue weighted by atomic mass is 79.9. The monoisotopic (exact) mass is 311 g/mol. The van der Waals surface area contributed by atoms with E-state index >= 15 is 0 Å². The minimum absolute atomic E-state index is 0.344. The molecule has 0 spiro atoms. The van der Waals surface area contributed by atoms with E-state index in [1.807, 2.05) is 19.1 Å². The maximum absolute atomic E-state index is 5.18. The zero-order chi connectivity index (χ0) is 12.3. The van der Waals surface area contributed by atoms with E-state index in [-0.39, 0.29) is 0 Å². The largest absolute Gasteiger partial charge is 0.471 e. The summed E-state index contributed by atoms with van der Waals surface area (Å²) in [6, 6.07) is 3.76. The van der Waals surface area contributed by atoms with Crippen LogP contribution in [0.25, 0.3) is 11.0 Å². The quantitative estimate of drug-likeness (QED) is 0.863. The topological polar surface area (TPSA) is 47.0 Å². The van der Waals surface area contributed by atoms with Crippen LogP contribution in [0.15, 0.2) is 29.0 Å². The molecule has 0 radical (unpaired) electrons. The molecular formula is C11H10BrN3OS. The van der Waals surface area contributed by atoms with Crippen LogP contribution < -0.4 is 5.32 Å². The summed E-state index contributed by atoms with van der Waals surface area (Å²) < 4.78 is 6.00. The minimum Gasteiger partial charge on any atom is -0.471 e. The summed E-state index contributed by atoms with van der Waals surface area (Å²) in [7, 11) is 0. The molecule has 1 aromatic heterocycles. The fraction of sp³-hybridized carbons (Fsp3) is 0.182. The van der Waals surface area contributed by atoms with Gasteiger partial charge in [-0.05, 0) is 47.2 Å². The van der Waals surface area contributed by atoms with Crippen molar-refractivity contribution in [1.82, 2.24) is 9.97 Å².